The molecule has 1 saturated heterocycles. The van der Waals surface area contributed by atoms with Crippen LogP contribution in [0.5, 0.6) is 0 Å². The second kappa shape index (κ2) is 5.86. The van der Waals surface area contributed by atoms with Gasteiger partial charge in [0.15, 0.2) is 0 Å². The van der Waals surface area contributed by atoms with Crippen LogP contribution in [0, 0.1) is 0 Å². The summed E-state index contributed by atoms with van der Waals surface area (Å²) < 4.78 is 5.70. The van der Waals surface area contributed by atoms with E-state index in [1.54, 1.807) is 10.8 Å². The minimum atomic E-state index is -1.36. The van der Waals surface area contributed by atoms with Crippen LogP contribution in [-0.2, 0) is 4.74 Å². The van der Waals surface area contributed by atoms with Crippen LogP contribution in [0.4, 0.5) is 0 Å². The fourth-order valence-corrected chi connectivity index (χ4v) is 5.76. The predicted octanol–water partition coefficient (Wildman–Crippen LogP) is 4.51. The number of hydrogen-bond acceptors (Lipinski definition) is 1. The van der Waals surface area contributed by atoms with E-state index < -0.39 is 8.07 Å². The molecule has 1 unspecified atom stereocenters. The standard InChI is InChI=1S/C18H28OSi/c1-6-15(12-13-17-18(2,3)19-17)14-20(4,5)16-10-8-7-9-11-16/h6-11,17H,12-14H2,1-5H3/b15-6-. The van der Waals surface area contributed by atoms with Crippen molar-refractivity contribution in [2.75, 3.05) is 0 Å². The van der Waals surface area contributed by atoms with Gasteiger partial charge in [-0.1, -0.05) is 60.3 Å². The molecule has 1 fully saturated rings. The third-order valence-corrected chi connectivity index (χ3v) is 7.76. The Morgan fingerprint density at radius 3 is 2.35 bits per heavy atom. The molecule has 110 valence electrons. The third kappa shape index (κ3) is 3.83. The summed E-state index contributed by atoms with van der Waals surface area (Å²) in [6.07, 6.45) is 5.16. The summed E-state index contributed by atoms with van der Waals surface area (Å²) in [5, 5.41) is 1.56. The summed E-state index contributed by atoms with van der Waals surface area (Å²) in [6, 6.07) is 12.3. The van der Waals surface area contributed by atoms with Crippen LogP contribution in [0.2, 0.25) is 19.1 Å². The lowest BCUT2D eigenvalue weighted by Crippen LogP contribution is -2.41. The van der Waals surface area contributed by atoms with Gasteiger partial charge in [-0.15, -0.1) is 0 Å². The Balaban J connectivity index is 1.93. The molecule has 20 heavy (non-hydrogen) atoms. The van der Waals surface area contributed by atoms with Crippen molar-refractivity contribution in [3.05, 3.63) is 42.0 Å². The number of epoxide rings is 1. The first kappa shape index (κ1) is 15.5. The molecule has 1 aromatic carbocycles. The lowest BCUT2D eigenvalue weighted by Gasteiger charge is -2.24. The van der Waals surface area contributed by atoms with Crippen molar-refractivity contribution in [1.82, 2.24) is 0 Å². The molecule has 0 aromatic heterocycles. The number of rotatable bonds is 6. The highest BCUT2D eigenvalue weighted by Crippen LogP contribution is 2.39. The molecule has 2 heteroatoms. The number of benzene rings is 1. The molecule has 0 spiro atoms. The zero-order valence-corrected chi connectivity index (χ0v) is 14.6. The highest BCUT2D eigenvalue weighted by Gasteiger charge is 2.46. The van der Waals surface area contributed by atoms with Crippen molar-refractivity contribution < 1.29 is 4.74 Å². The van der Waals surface area contributed by atoms with Gasteiger partial charge in [-0.25, -0.2) is 0 Å². The maximum Gasteiger partial charge on any atom is 0.0892 e. The summed E-state index contributed by atoms with van der Waals surface area (Å²) in [5.41, 5.74) is 1.74. The number of allylic oxidation sites excluding steroid dienone is 2. The molecule has 1 atom stereocenters. The minimum absolute atomic E-state index is 0.130. The van der Waals surface area contributed by atoms with E-state index in [9.17, 15) is 0 Å². The predicted molar refractivity (Wildman–Crippen MR) is 90.3 cm³/mol. The Hall–Kier alpha value is -0.863. The van der Waals surface area contributed by atoms with Gasteiger partial charge in [0, 0.05) is 0 Å². The summed E-state index contributed by atoms with van der Waals surface area (Å²) in [5.74, 6) is 0. The average molecular weight is 289 g/mol. The van der Waals surface area contributed by atoms with Gasteiger partial charge in [0.2, 0.25) is 0 Å². The molecule has 1 aromatic rings. The Labute approximate surface area is 125 Å². The minimum Gasteiger partial charge on any atom is -0.367 e. The molecule has 0 bridgehead atoms. The molecular weight excluding hydrogens is 260 g/mol. The monoisotopic (exact) mass is 288 g/mol. The van der Waals surface area contributed by atoms with E-state index in [1.165, 1.54) is 18.9 Å². The summed E-state index contributed by atoms with van der Waals surface area (Å²) >= 11 is 0. The van der Waals surface area contributed by atoms with Crippen LogP contribution >= 0.6 is 0 Å². The Bertz CT molecular complexity index is 473. The quantitative estimate of drug-likeness (QED) is 0.426. The fourth-order valence-electron chi connectivity index (χ4n) is 2.95. The average Bonchev–Trinajstić information content (AvgIpc) is 3.03. The Morgan fingerprint density at radius 2 is 1.85 bits per heavy atom. The molecule has 1 nitrogen and oxygen atoms in total. The zero-order valence-electron chi connectivity index (χ0n) is 13.6. The van der Waals surface area contributed by atoms with Gasteiger partial charge >= 0.3 is 0 Å². The lowest BCUT2D eigenvalue weighted by atomic mass is 10.0. The van der Waals surface area contributed by atoms with Gasteiger partial charge in [-0.2, -0.15) is 0 Å². The van der Waals surface area contributed by atoms with E-state index in [-0.39, 0.29) is 5.60 Å². The molecule has 0 saturated carbocycles. The Morgan fingerprint density at radius 1 is 1.25 bits per heavy atom. The van der Waals surface area contributed by atoms with Crippen LogP contribution < -0.4 is 5.19 Å². The van der Waals surface area contributed by atoms with E-state index in [1.807, 2.05) is 0 Å². The lowest BCUT2D eigenvalue weighted by molar-refractivity contribution is 0.320. The first-order valence-electron chi connectivity index (χ1n) is 7.72. The number of hydrogen-bond donors (Lipinski definition) is 0. The molecule has 0 radical (unpaired) electrons. The third-order valence-electron chi connectivity index (χ3n) is 4.52. The van der Waals surface area contributed by atoms with Crippen molar-refractivity contribution in [2.45, 2.75) is 64.5 Å². The second-order valence-electron chi connectivity index (χ2n) is 7.12. The van der Waals surface area contributed by atoms with E-state index in [4.69, 9.17) is 4.74 Å². The topological polar surface area (TPSA) is 12.5 Å². The smallest absolute Gasteiger partial charge is 0.0892 e. The van der Waals surface area contributed by atoms with Gasteiger partial charge in [-0.05, 0) is 39.7 Å². The van der Waals surface area contributed by atoms with Gasteiger partial charge < -0.3 is 4.74 Å². The largest absolute Gasteiger partial charge is 0.367 e. The Kier molecular flexibility index (Phi) is 4.55. The van der Waals surface area contributed by atoms with Crippen molar-refractivity contribution in [3.63, 3.8) is 0 Å². The van der Waals surface area contributed by atoms with Crippen LogP contribution in [-0.4, -0.2) is 19.8 Å². The molecule has 0 aliphatic carbocycles. The summed E-state index contributed by atoms with van der Waals surface area (Å²) in [7, 11) is -1.36. The maximum atomic E-state index is 5.70. The zero-order chi connectivity index (χ0) is 14.8. The van der Waals surface area contributed by atoms with Gasteiger partial charge in [-0.3, -0.25) is 0 Å². The van der Waals surface area contributed by atoms with Gasteiger partial charge in [0.25, 0.3) is 0 Å². The number of ether oxygens (including phenoxy) is 1. The molecule has 1 aliphatic heterocycles. The van der Waals surface area contributed by atoms with E-state index >= 15 is 0 Å². The van der Waals surface area contributed by atoms with Crippen LogP contribution in [0.1, 0.15) is 33.6 Å². The highest BCUT2D eigenvalue weighted by atomic mass is 28.3. The summed E-state index contributed by atoms with van der Waals surface area (Å²) in [6.45, 7) is 11.5. The van der Waals surface area contributed by atoms with Gasteiger partial charge in [0.1, 0.15) is 0 Å². The first-order valence-corrected chi connectivity index (χ1v) is 10.9. The van der Waals surface area contributed by atoms with Crippen molar-refractivity contribution >= 4 is 13.3 Å². The van der Waals surface area contributed by atoms with Gasteiger partial charge in [0.05, 0.1) is 19.8 Å². The van der Waals surface area contributed by atoms with E-state index in [0.29, 0.717) is 6.10 Å². The molecule has 0 amide bonds. The normalized spacial score (nSPS) is 21.9. The van der Waals surface area contributed by atoms with Crippen LogP contribution in [0.25, 0.3) is 0 Å². The summed E-state index contributed by atoms with van der Waals surface area (Å²) in [4.78, 5) is 0. The molecule has 0 N–H and O–H groups in total. The fraction of sp³-hybridized carbons (Fsp3) is 0.556. The molecule has 1 heterocycles. The molecular formula is C18H28OSi. The first-order chi connectivity index (χ1) is 9.35. The van der Waals surface area contributed by atoms with E-state index in [2.05, 4.69) is 70.3 Å². The second-order valence-corrected chi connectivity index (χ2v) is 11.8. The van der Waals surface area contributed by atoms with E-state index in [0.717, 1.165) is 0 Å². The highest BCUT2D eigenvalue weighted by molar-refractivity contribution is 6.90. The van der Waals surface area contributed by atoms with Crippen molar-refractivity contribution in [1.29, 1.82) is 0 Å². The van der Waals surface area contributed by atoms with Crippen molar-refractivity contribution in [2.24, 2.45) is 0 Å². The maximum absolute atomic E-state index is 5.70. The van der Waals surface area contributed by atoms with Crippen LogP contribution in [0.3, 0.4) is 0 Å². The van der Waals surface area contributed by atoms with Crippen molar-refractivity contribution in [3.8, 4) is 0 Å². The molecule has 1 aliphatic rings. The molecule has 2 rings (SSSR count). The van der Waals surface area contributed by atoms with Crippen LogP contribution in [0.15, 0.2) is 42.0 Å². The SMILES string of the molecule is C/C=C(/CCC1OC1(C)C)C[Si](C)(C)c1ccccc1.